The molecule has 1 aromatic heterocycles. The first-order chi connectivity index (χ1) is 10.3. The smallest absolute Gasteiger partial charge is 0.257 e. The summed E-state index contributed by atoms with van der Waals surface area (Å²) in [5.74, 6) is 2.16. The third kappa shape index (κ3) is 3.68. The van der Waals surface area contributed by atoms with Gasteiger partial charge in [0, 0.05) is 5.56 Å². The van der Waals surface area contributed by atoms with Crippen molar-refractivity contribution < 1.29 is 4.52 Å². The Morgan fingerprint density at radius 1 is 1.19 bits per heavy atom. The number of likely N-dealkylation sites (tertiary alicyclic amines) is 1. The highest BCUT2D eigenvalue weighted by Gasteiger charge is 2.20. The van der Waals surface area contributed by atoms with Gasteiger partial charge in [0.2, 0.25) is 0 Å². The van der Waals surface area contributed by atoms with Crippen LogP contribution in [-0.2, 0) is 6.54 Å². The number of aromatic nitrogens is 2. The quantitative estimate of drug-likeness (QED) is 0.913. The minimum absolute atomic E-state index is 0.601. The van der Waals surface area contributed by atoms with Crippen LogP contribution in [0.1, 0.15) is 25.1 Å². The second kappa shape index (κ2) is 6.83. The lowest BCUT2D eigenvalue weighted by atomic mass is 9.94. The molecule has 1 aliphatic rings. The Hall–Kier alpha value is -1.72. The summed E-state index contributed by atoms with van der Waals surface area (Å²) in [5, 5.41) is 4.09. The second-order valence-corrected chi connectivity index (χ2v) is 5.68. The zero-order valence-corrected chi connectivity index (χ0v) is 12.2. The van der Waals surface area contributed by atoms with E-state index in [1.165, 1.54) is 12.8 Å². The van der Waals surface area contributed by atoms with Crippen LogP contribution in [0.2, 0.25) is 0 Å². The van der Waals surface area contributed by atoms with Crippen LogP contribution >= 0.6 is 0 Å². The summed E-state index contributed by atoms with van der Waals surface area (Å²) >= 11 is 0. The highest BCUT2D eigenvalue weighted by Crippen LogP contribution is 2.21. The average molecular weight is 286 g/mol. The van der Waals surface area contributed by atoms with E-state index in [4.69, 9.17) is 10.3 Å². The van der Waals surface area contributed by atoms with Gasteiger partial charge in [0.25, 0.3) is 5.89 Å². The van der Waals surface area contributed by atoms with E-state index >= 15 is 0 Å². The number of rotatable bonds is 5. The molecule has 1 aromatic carbocycles. The zero-order chi connectivity index (χ0) is 14.5. The highest BCUT2D eigenvalue weighted by molar-refractivity contribution is 5.51. The van der Waals surface area contributed by atoms with E-state index < -0.39 is 0 Å². The van der Waals surface area contributed by atoms with Gasteiger partial charge in [-0.3, -0.25) is 4.90 Å². The number of hydrogen-bond acceptors (Lipinski definition) is 5. The standard InChI is InChI=1S/C16H22N4O/c17-9-6-13-7-10-20(11-8-13)12-15-18-16(21-19-15)14-4-2-1-3-5-14/h1-5,13H,6-12,17H2. The lowest BCUT2D eigenvalue weighted by molar-refractivity contribution is 0.168. The van der Waals surface area contributed by atoms with E-state index in [-0.39, 0.29) is 0 Å². The average Bonchev–Trinajstić information content (AvgIpc) is 2.99. The maximum Gasteiger partial charge on any atom is 0.257 e. The summed E-state index contributed by atoms with van der Waals surface area (Å²) in [4.78, 5) is 6.89. The van der Waals surface area contributed by atoms with Crippen LogP contribution in [0.15, 0.2) is 34.9 Å². The molecule has 0 bridgehead atoms. The van der Waals surface area contributed by atoms with Crippen LogP contribution in [0.25, 0.3) is 11.5 Å². The number of piperidine rings is 1. The Labute approximate surface area is 125 Å². The molecule has 0 saturated carbocycles. The number of benzene rings is 1. The monoisotopic (exact) mass is 286 g/mol. The van der Waals surface area contributed by atoms with E-state index in [1.54, 1.807) is 0 Å². The van der Waals surface area contributed by atoms with Gasteiger partial charge in [0.15, 0.2) is 5.82 Å². The van der Waals surface area contributed by atoms with Crippen molar-refractivity contribution in [2.45, 2.75) is 25.8 Å². The predicted molar refractivity (Wildman–Crippen MR) is 81.4 cm³/mol. The zero-order valence-electron chi connectivity index (χ0n) is 12.2. The minimum atomic E-state index is 0.601. The van der Waals surface area contributed by atoms with E-state index in [0.717, 1.165) is 49.9 Å². The first kappa shape index (κ1) is 14.2. The van der Waals surface area contributed by atoms with Gasteiger partial charge in [0.1, 0.15) is 0 Å². The molecule has 112 valence electrons. The molecular formula is C16H22N4O. The van der Waals surface area contributed by atoms with Gasteiger partial charge >= 0.3 is 0 Å². The lowest BCUT2D eigenvalue weighted by Gasteiger charge is -2.30. The Balaban J connectivity index is 1.56. The Bertz CT molecular complexity index is 546. The normalized spacial score (nSPS) is 17.2. The fourth-order valence-electron chi connectivity index (χ4n) is 2.89. The highest BCUT2D eigenvalue weighted by atomic mass is 16.5. The van der Waals surface area contributed by atoms with Crippen molar-refractivity contribution in [3.8, 4) is 11.5 Å². The molecule has 0 aliphatic carbocycles. The first-order valence-corrected chi connectivity index (χ1v) is 7.65. The van der Waals surface area contributed by atoms with Crippen molar-refractivity contribution in [1.29, 1.82) is 0 Å². The Morgan fingerprint density at radius 3 is 2.67 bits per heavy atom. The fraction of sp³-hybridized carbons (Fsp3) is 0.500. The molecule has 2 N–H and O–H groups in total. The third-order valence-electron chi connectivity index (χ3n) is 4.14. The number of nitrogens with two attached hydrogens (primary N) is 1. The van der Waals surface area contributed by atoms with Gasteiger partial charge in [-0.15, -0.1) is 0 Å². The van der Waals surface area contributed by atoms with E-state index in [0.29, 0.717) is 5.89 Å². The van der Waals surface area contributed by atoms with Crippen molar-refractivity contribution in [3.05, 3.63) is 36.2 Å². The molecule has 2 aromatic rings. The third-order valence-corrected chi connectivity index (χ3v) is 4.14. The Morgan fingerprint density at radius 2 is 1.95 bits per heavy atom. The summed E-state index contributed by atoms with van der Waals surface area (Å²) < 4.78 is 5.35. The second-order valence-electron chi connectivity index (χ2n) is 5.68. The lowest BCUT2D eigenvalue weighted by Crippen LogP contribution is -2.34. The van der Waals surface area contributed by atoms with Gasteiger partial charge in [-0.2, -0.15) is 4.98 Å². The summed E-state index contributed by atoms with van der Waals surface area (Å²) in [6.07, 6.45) is 3.59. The fourth-order valence-corrected chi connectivity index (χ4v) is 2.89. The minimum Gasteiger partial charge on any atom is -0.334 e. The largest absolute Gasteiger partial charge is 0.334 e. The van der Waals surface area contributed by atoms with Crippen molar-refractivity contribution >= 4 is 0 Å². The molecule has 1 saturated heterocycles. The van der Waals surface area contributed by atoms with E-state index in [1.807, 2.05) is 30.3 Å². The molecular weight excluding hydrogens is 264 g/mol. The van der Waals surface area contributed by atoms with Gasteiger partial charge in [-0.1, -0.05) is 23.4 Å². The van der Waals surface area contributed by atoms with Crippen molar-refractivity contribution in [2.75, 3.05) is 19.6 Å². The molecule has 0 spiro atoms. The molecule has 0 radical (unpaired) electrons. The molecule has 3 rings (SSSR count). The SMILES string of the molecule is NCCC1CCN(Cc2noc(-c3ccccc3)n2)CC1. The van der Waals surface area contributed by atoms with Crippen LogP contribution < -0.4 is 5.73 Å². The molecule has 0 atom stereocenters. The van der Waals surface area contributed by atoms with Crippen molar-refractivity contribution in [2.24, 2.45) is 11.7 Å². The maximum atomic E-state index is 5.63. The molecule has 0 amide bonds. The summed E-state index contributed by atoms with van der Waals surface area (Å²) in [6.45, 7) is 3.77. The number of nitrogens with zero attached hydrogens (tertiary/aromatic N) is 3. The molecule has 1 fully saturated rings. The van der Waals surface area contributed by atoms with Gasteiger partial charge in [-0.05, 0) is 56.9 Å². The van der Waals surface area contributed by atoms with Crippen LogP contribution in [0.4, 0.5) is 0 Å². The van der Waals surface area contributed by atoms with Gasteiger partial charge in [0.05, 0.1) is 6.54 Å². The summed E-state index contributed by atoms with van der Waals surface area (Å²) in [5.41, 5.74) is 6.60. The molecule has 0 unspecified atom stereocenters. The molecule has 5 heteroatoms. The van der Waals surface area contributed by atoms with Crippen LogP contribution in [-0.4, -0.2) is 34.7 Å². The predicted octanol–water partition coefficient (Wildman–Crippen LogP) is 2.30. The maximum absolute atomic E-state index is 5.63. The van der Waals surface area contributed by atoms with Crippen LogP contribution in [0, 0.1) is 5.92 Å². The van der Waals surface area contributed by atoms with Crippen molar-refractivity contribution in [1.82, 2.24) is 15.0 Å². The van der Waals surface area contributed by atoms with Crippen LogP contribution in [0.5, 0.6) is 0 Å². The van der Waals surface area contributed by atoms with Gasteiger partial charge in [-0.25, -0.2) is 0 Å². The van der Waals surface area contributed by atoms with Crippen molar-refractivity contribution in [3.63, 3.8) is 0 Å². The van der Waals surface area contributed by atoms with E-state index in [9.17, 15) is 0 Å². The van der Waals surface area contributed by atoms with E-state index in [2.05, 4.69) is 15.0 Å². The molecule has 5 nitrogen and oxygen atoms in total. The first-order valence-electron chi connectivity index (χ1n) is 7.65. The molecule has 2 heterocycles. The summed E-state index contributed by atoms with van der Waals surface area (Å²) in [7, 11) is 0. The Kier molecular flexibility index (Phi) is 4.62. The van der Waals surface area contributed by atoms with Gasteiger partial charge < -0.3 is 10.3 Å². The van der Waals surface area contributed by atoms with Crippen LogP contribution in [0.3, 0.4) is 0 Å². The number of hydrogen-bond donors (Lipinski definition) is 1. The molecule has 21 heavy (non-hydrogen) atoms. The summed E-state index contributed by atoms with van der Waals surface area (Å²) in [6, 6.07) is 9.89. The molecule has 1 aliphatic heterocycles. The topological polar surface area (TPSA) is 68.2 Å².